The molecule has 5 heteroatoms. The molecule has 4 rings (SSSR count). The van der Waals surface area contributed by atoms with Crippen LogP contribution in [0, 0.1) is 6.92 Å². The number of para-hydroxylation sites is 1. The topological polar surface area (TPSA) is 60.7 Å². The number of furan rings is 1. The van der Waals surface area contributed by atoms with E-state index in [-0.39, 0.29) is 17.6 Å². The molecule has 0 saturated carbocycles. The number of fused-ring (bicyclic) bond motifs is 1. The van der Waals surface area contributed by atoms with Gasteiger partial charge in [-0.15, -0.1) is 0 Å². The molecule has 0 radical (unpaired) electrons. The minimum Gasteiger partial charge on any atom is -0.451 e. The zero-order valence-corrected chi connectivity index (χ0v) is 13.3. The minimum absolute atomic E-state index is 0.0215. The van der Waals surface area contributed by atoms with Gasteiger partial charge in [-0.05, 0) is 25.0 Å². The number of carbonyl (C=O) groups excluding carboxylic acids is 1. The first kappa shape index (κ1) is 14.7. The van der Waals surface area contributed by atoms with Crippen LogP contribution in [0.4, 0.5) is 0 Å². The summed E-state index contributed by atoms with van der Waals surface area (Å²) in [4.78, 5) is 12.6. The fourth-order valence-electron chi connectivity index (χ4n) is 3.71. The lowest BCUT2D eigenvalue weighted by Gasteiger charge is -2.37. The molecule has 122 valence electrons. The standard InChI is InChI=1S/C18H21NO4/c1-12-3-2-4-13-11-14(23-16(12)13)17(20)19-15-5-8-22-18(15)6-9-21-10-7-18/h2-4,11,15H,5-10H2,1H3,(H,19,20). The smallest absolute Gasteiger partial charge is 0.287 e. The van der Waals surface area contributed by atoms with Gasteiger partial charge in [-0.25, -0.2) is 0 Å². The maximum absolute atomic E-state index is 12.6. The number of benzene rings is 1. The summed E-state index contributed by atoms with van der Waals surface area (Å²) in [5.74, 6) is 0.199. The van der Waals surface area contributed by atoms with Crippen molar-refractivity contribution in [2.24, 2.45) is 0 Å². The molecule has 5 nitrogen and oxygen atoms in total. The zero-order valence-electron chi connectivity index (χ0n) is 13.3. The quantitative estimate of drug-likeness (QED) is 0.926. The number of aryl methyl sites for hydroxylation is 1. The zero-order chi connectivity index (χ0) is 15.9. The summed E-state index contributed by atoms with van der Waals surface area (Å²) >= 11 is 0. The van der Waals surface area contributed by atoms with Crippen molar-refractivity contribution >= 4 is 16.9 Å². The van der Waals surface area contributed by atoms with Crippen LogP contribution in [0.15, 0.2) is 28.7 Å². The average Bonchev–Trinajstić information content (AvgIpc) is 3.14. The van der Waals surface area contributed by atoms with Gasteiger partial charge in [-0.1, -0.05) is 18.2 Å². The second kappa shape index (κ2) is 5.65. The number of amides is 1. The van der Waals surface area contributed by atoms with Gasteiger partial charge in [0.1, 0.15) is 5.58 Å². The number of rotatable bonds is 2. The molecule has 0 aliphatic carbocycles. The Balaban J connectivity index is 1.55. The van der Waals surface area contributed by atoms with E-state index < -0.39 is 0 Å². The minimum atomic E-state index is -0.268. The van der Waals surface area contributed by atoms with Crippen molar-refractivity contribution in [2.75, 3.05) is 19.8 Å². The van der Waals surface area contributed by atoms with Crippen molar-refractivity contribution in [3.63, 3.8) is 0 Å². The normalized spacial score (nSPS) is 23.4. The summed E-state index contributed by atoms with van der Waals surface area (Å²) in [6.45, 7) is 4.05. The lowest BCUT2D eigenvalue weighted by atomic mass is 9.86. The molecule has 1 N–H and O–H groups in total. The molecule has 2 aromatic rings. The first-order chi connectivity index (χ1) is 11.2. The summed E-state index contributed by atoms with van der Waals surface area (Å²) in [5.41, 5.74) is 1.54. The van der Waals surface area contributed by atoms with Gasteiger partial charge < -0.3 is 19.2 Å². The average molecular weight is 315 g/mol. The maximum atomic E-state index is 12.6. The molecular formula is C18H21NO4. The van der Waals surface area contributed by atoms with Gasteiger partial charge in [0, 0.05) is 38.0 Å². The van der Waals surface area contributed by atoms with E-state index in [1.54, 1.807) is 0 Å². The number of carbonyl (C=O) groups is 1. The lowest BCUT2D eigenvalue weighted by Crippen LogP contribution is -2.52. The van der Waals surface area contributed by atoms with E-state index in [0.29, 0.717) is 25.6 Å². The highest BCUT2D eigenvalue weighted by atomic mass is 16.5. The Morgan fingerprint density at radius 1 is 1.26 bits per heavy atom. The van der Waals surface area contributed by atoms with Crippen LogP contribution in [0.5, 0.6) is 0 Å². The Morgan fingerprint density at radius 3 is 2.87 bits per heavy atom. The second-order valence-corrected chi connectivity index (χ2v) is 6.44. The molecule has 2 fully saturated rings. The predicted molar refractivity (Wildman–Crippen MR) is 85.6 cm³/mol. The molecule has 3 heterocycles. The molecule has 2 aliphatic rings. The first-order valence-corrected chi connectivity index (χ1v) is 8.20. The Morgan fingerprint density at radius 2 is 2.09 bits per heavy atom. The third kappa shape index (κ3) is 2.54. The van der Waals surface area contributed by atoms with Crippen LogP contribution in [0.25, 0.3) is 11.0 Å². The first-order valence-electron chi connectivity index (χ1n) is 8.20. The van der Waals surface area contributed by atoms with Crippen molar-refractivity contribution in [2.45, 2.75) is 37.8 Å². The monoisotopic (exact) mass is 315 g/mol. The van der Waals surface area contributed by atoms with Gasteiger partial charge in [0.05, 0.1) is 11.6 Å². The number of hydrogen-bond acceptors (Lipinski definition) is 4. The predicted octanol–water partition coefficient (Wildman–Crippen LogP) is 2.81. The van der Waals surface area contributed by atoms with Gasteiger partial charge in [0.2, 0.25) is 0 Å². The van der Waals surface area contributed by atoms with Crippen LogP contribution in [-0.4, -0.2) is 37.4 Å². The Labute approximate surface area is 134 Å². The van der Waals surface area contributed by atoms with E-state index in [0.717, 1.165) is 35.8 Å². The summed E-state index contributed by atoms with van der Waals surface area (Å²) in [7, 11) is 0. The van der Waals surface area contributed by atoms with E-state index in [1.165, 1.54) is 0 Å². The fraction of sp³-hybridized carbons (Fsp3) is 0.500. The highest BCUT2D eigenvalue weighted by molar-refractivity contribution is 5.96. The van der Waals surface area contributed by atoms with Crippen molar-refractivity contribution in [3.05, 3.63) is 35.6 Å². The molecule has 23 heavy (non-hydrogen) atoms. The van der Waals surface area contributed by atoms with E-state index in [9.17, 15) is 4.79 Å². The molecule has 2 saturated heterocycles. The molecule has 0 bridgehead atoms. The van der Waals surface area contributed by atoms with Crippen LogP contribution < -0.4 is 5.32 Å². The molecule has 2 aliphatic heterocycles. The van der Waals surface area contributed by atoms with Gasteiger partial charge in [0.15, 0.2) is 5.76 Å². The highest BCUT2D eigenvalue weighted by Crippen LogP contribution is 2.35. The van der Waals surface area contributed by atoms with E-state index >= 15 is 0 Å². The van der Waals surface area contributed by atoms with Crippen LogP contribution in [-0.2, 0) is 9.47 Å². The molecule has 1 aromatic heterocycles. The Kier molecular flexibility index (Phi) is 3.62. The molecular weight excluding hydrogens is 294 g/mol. The number of nitrogens with one attached hydrogen (secondary N) is 1. The van der Waals surface area contributed by atoms with Gasteiger partial charge in [0.25, 0.3) is 5.91 Å². The summed E-state index contributed by atoms with van der Waals surface area (Å²) in [6, 6.07) is 7.74. The lowest BCUT2D eigenvalue weighted by molar-refractivity contribution is -0.0873. The van der Waals surface area contributed by atoms with Crippen LogP contribution in [0.2, 0.25) is 0 Å². The van der Waals surface area contributed by atoms with Gasteiger partial charge in [-0.3, -0.25) is 4.79 Å². The van der Waals surface area contributed by atoms with E-state index in [1.807, 2.05) is 31.2 Å². The fourth-order valence-corrected chi connectivity index (χ4v) is 3.71. The molecule has 1 amide bonds. The number of ether oxygens (including phenoxy) is 2. The molecule has 1 aromatic carbocycles. The van der Waals surface area contributed by atoms with Gasteiger partial charge >= 0.3 is 0 Å². The van der Waals surface area contributed by atoms with Crippen molar-refractivity contribution in [1.29, 1.82) is 0 Å². The third-order valence-corrected chi connectivity index (χ3v) is 5.04. The van der Waals surface area contributed by atoms with Gasteiger partial charge in [-0.2, -0.15) is 0 Å². The van der Waals surface area contributed by atoms with Crippen LogP contribution in [0.3, 0.4) is 0 Å². The number of hydrogen-bond donors (Lipinski definition) is 1. The summed E-state index contributed by atoms with van der Waals surface area (Å²) in [6.07, 6.45) is 2.50. The molecule has 1 spiro atoms. The van der Waals surface area contributed by atoms with Crippen molar-refractivity contribution in [1.82, 2.24) is 5.32 Å². The van der Waals surface area contributed by atoms with Crippen molar-refractivity contribution in [3.8, 4) is 0 Å². The molecule has 1 unspecified atom stereocenters. The van der Waals surface area contributed by atoms with Crippen LogP contribution >= 0.6 is 0 Å². The Bertz CT molecular complexity index is 730. The van der Waals surface area contributed by atoms with E-state index in [4.69, 9.17) is 13.9 Å². The SMILES string of the molecule is Cc1cccc2cc(C(=O)NC3CCOC34CCOCC4)oc12. The van der Waals surface area contributed by atoms with E-state index in [2.05, 4.69) is 5.32 Å². The summed E-state index contributed by atoms with van der Waals surface area (Å²) < 4.78 is 17.2. The van der Waals surface area contributed by atoms with Crippen molar-refractivity contribution < 1.29 is 18.7 Å². The largest absolute Gasteiger partial charge is 0.451 e. The van der Waals surface area contributed by atoms with Crippen LogP contribution in [0.1, 0.15) is 35.4 Å². The maximum Gasteiger partial charge on any atom is 0.287 e. The molecule has 1 atom stereocenters. The second-order valence-electron chi connectivity index (χ2n) is 6.44. The third-order valence-electron chi connectivity index (χ3n) is 5.04. The highest BCUT2D eigenvalue weighted by Gasteiger charge is 2.46. The Hall–Kier alpha value is -1.85. The summed E-state index contributed by atoms with van der Waals surface area (Å²) in [5, 5.41) is 4.08.